The molecule has 0 aromatic rings. The standard InChI is InChI=1S/C6H14BF3NO/c1-3-12-5-4-11(2)6-7(8,9)10/h3-6H2,1-2H3/q-1. The fraction of sp³-hybridized carbons (Fsp3) is 1.00. The van der Waals surface area contributed by atoms with Crippen molar-refractivity contribution in [3.8, 4) is 0 Å². The Bertz CT molecular complexity index is 120. The zero-order valence-corrected chi connectivity index (χ0v) is 7.40. The molecule has 0 rings (SSSR count). The maximum atomic E-state index is 11.8. The number of likely N-dealkylation sites (N-methyl/N-ethyl adjacent to an activating group) is 1. The average molecular weight is 184 g/mol. The first kappa shape index (κ1) is 11.8. The largest absolute Gasteiger partial charge is 0.492 e. The lowest BCUT2D eigenvalue weighted by Crippen LogP contribution is -2.37. The van der Waals surface area contributed by atoms with E-state index in [0.29, 0.717) is 19.8 Å². The Kier molecular flexibility index (Phi) is 5.32. The minimum atomic E-state index is -4.70. The van der Waals surface area contributed by atoms with Gasteiger partial charge in [-0.1, -0.05) is 0 Å². The lowest BCUT2D eigenvalue weighted by molar-refractivity contribution is 0.124. The van der Waals surface area contributed by atoms with Gasteiger partial charge in [-0.15, -0.1) is 0 Å². The molecule has 0 saturated heterocycles. The van der Waals surface area contributed by atoms with Crippen molar-refractivity contribution < 1.29 is 17.7 Å². The van der Waals surface area contributed by atoms with E-state index < -0.39 is 13.4 Å². The monoisotopic (exact) mass is 184 g/mol. The fourth-order valence-electron chi connectivity index (χ4n) is 0.809. The molecular formula is C6H14BF3NO-. The number of hydrogen-bond donors (Lipinski definition) is 0. The predicted octanol–water partition coefficient (Wildman–Crippen LogP) is 1.34. The van der Waals surface area contributed by atoms with Gasteiger partial charge in [-0.3, -0.25) is 0 Å². The van der Waals surface area contributed by atoms with Crippen LogP contribution < -0.4 is 0 Å². The molecule has 6 heteroatoms. The van der Waals surface area contributed by atoms with E-state index in [1.807, 2.05) is 6.92 Å². The topological polar surface area (TPSA) is 12.5 Å². The quantitative estimate of drug-likeness (QED) is 0.456. The van der Waals surface area contributed by atoms with Crippen molar-refractivity contribution in [1.29, 1.82) is 0 Å². The van der Waals surface area contributed by atoms with Gasteiger partial charge in [-0.25, -0.2) is 0 Å². The Morgan fingerprint density at radius 2 is 1.92 bits per heavy atom. The van der Waals surface area contributed by atoms with E-state index in [2.05, 4.69) is 0 Å². The smallest absolute Gasteiger partial charge is 0.448 e. The van der Waals surface area contributed by atoms with Gasteiger partial charge in [-0.2, -0.15) is 0 Å². The van der Waals surface area contributed by atoms with Crippen molar-refractivity contribution >= 4 is 6.98 Å². The van der Waals surface area contributed by atoms with E-state index in [-0.39, 0.29) is 0 Å². The minimum Gasteiger partial charge on any atom is -0.448 e. The van der Waals surface area contributed by atoms with Crippen LogP contribution in [0.4, 0.5) is 12.9 Å². The second-order valence-electron chi connectivity index (χ2n) is 2.67. The molecule has 0 aliphatic heterocycles. The van der Waals surface area contributed by atoms with Crippen molar-refractivity contribution in [3.63, 3.8) is 0 Å². The van der Waals surface area contributed by atoms with Crippen LogP contribution in [0.3, 0.4) is 0 Å². The van der Waals surface area contributed by atoms with E-state index in [4.69, 9.17) is 4.74 Å². The molecule has 0 aliphatic rings. The van der Waals surface area contributed by atoms with E-state index in [1.54, 1.807) is 0 Å². The molecule has 0 aliphatic carbocycles. The molecule has 74 valence electrons. The molecule has 0 unspecified atom stereocenters. The highest BCUT2D eigenvalue weighted by Gasteiger charge is 2.24. The lowest BCUT2D eigenvalue weighted by atomic mass is 9.91. The third kappa shape index (κ3) is 7.88. The Labute approximate surface area is 70.7 Å². The summed E-state index contributed by atoms with van der Waals surface area (Å²) in [5, 5.41) is 0. The Hall–Kier alpha value is -0.225. The van der Waals surface area contributed by atoms with Gasteiger partial charge in [0.1, 0.15) is 0 Å². The molecule has 2 nitrogen and oxygen atoms in total. The zero-order chi connectivity index (χ0) is 9.61. The molecule has 12 heavy (non-hydrogen) atoms. The van der Waals surface area contributed by atoms with Gasteiger partial charge in [0.25, 0.3) is 0 Å². The maximum absolute atomic E-state index is 11.8. The Morgan fingerprint density at radius 3 is 2.33 bits per heavy atom. The molecule has 0 spiro atoms. The molecule has 0 N–H and O–H groups in total. The van der Waals surface area contributed by atoms with E-state index in [9.17, 15) is 12.9 Å². The van der Waals surface area contributed by atoms with Crippen LogP contribution in [-0.4, -0.2) is 45.1 Å². The minimum absolute atomic E-state index is 0.328. The van der Waals surface area contributed by atoms with Crippen LogP contribution in [0.1, 0.15) is 6.92 Å². The first-order valence-electron chi connectivity index (χ1n) is 3.93. The summed E-state index contributed by atoms with van der Waals surface area (Å²) in [4.78, 5) is 1.22. The summed E-state index contributed by atoms with van der Waals surface area (Å²) in [5.41, 5.74) is 0. The first-order chi connectivity index (χ1) is 5.45. The van der Waals surface area contributed by atoms with Gasteiger partial charge in [0, 0.05) is 13.2 Å². The highest BCUT2D eigenvalue weighted by atomic mass is 19.4. The number of ether oxygens (including phenoxy) is 1. The summed E-state index contributed by atoms with van der Waals surface area (Å²) < 4.78 is 40.3. The van der Waals surface area contributed by atoms with Crippen LogP contribution >= 0.6 is 0 Å². The summed E-state index contributed by atoms with van der Waals surface area (Å²) in [6.07, 6.45) is -0.812. The van der Waals surface area contributed by atoms with Crippen LogP contribution in [-0.2, 0) is 4.74 Å². The third-order valence-electron chi connectivity index (χ3n) is 1.34. The predicted molar refractivity (Wildman–Crippen MR) is 43.1 cm³/mol. The summed E-state index contributed by atoms with van der Waals surface area (Å²) in [5.74, 6) is 0. The Balaban J connectivity index is 3.40. The lowest BCUT2D eigenvalue weighted by Gasteiger charge is -2.23. The Morgan fingerprint density at radius 1 is 1.33 bits per heavy atom. The van der Waals surface area contributed by atoms with Crippen molar-refractivity contribution in [3.05, 3.63) is 0 Å². The third-order valence-corrected chi connectivity index (χ3v) is 1.34. The maximum Gasteiger partial charge on any atom is 0.492 e. The van der Waals surface area contributed by atoms with Gasteiger partial charge in [-0.05, 0) is 20.4 Å². The summed E-state index contributed by atoms with van der Waals surface area (Å²) in [7, 11) is 1.44. The van der Waals surface area contributed by atoms with Gasteiger partial charge < -0.3 is 22.6 Å². The van der Waals surface area contributed by atoms with Crippen molar-refractivity contribution in [2.24, 2.45) is 0 Å². The molecular weight excluding hydrogens is 170 g/mol. The second kappa shape index (κ2) is 5.43. The number of halogens is 3. The first-order valence-corrected chi connectivity index (χ1v) is 3.93. The van der Waals surface area contributed by atoms with Crippen molar-refractivity contribution in [2.75, 3.05) is 33.3 Å². The molecule has 0 amide bonds. The van der Waals surface area contributed by atoms with Crippen LogP contribution in [0.15, 0.2) is 0 Å². The number of hydrogen-bond acceptors (Lipinski definition) is 2. The number of nitrogens with zero attached hydrogens (tertiary/aromatic N) is 1. The normalized spacial score (nSPS) is 12.5. The summed E-state index contributed by atoms with van der Waals surface area (Å²) >= 11 is 0. The molecule has 0 radical (unpaired) electrons. The van der Waals surface area contributed by atoms with Crippen molar-refractivity contribution in [1.82, 2.24) is 4.90 Å². The van der Waals surface area contributed by atoms with Crippen LogP contribution in [0.25, 0.3) is 0 Å². The summed E-state index contributed by atoms with van der Waals surface area (Å²) in [6.45, 7) is -1.65. The molecule has 0 heterocycles. The molecule has 0 saturated carbocycles. The van der Waals surface area contributed by atoms with Gasteiger partial charge in [0.2, 0.25) is 0 Å². The van der Waals surface area contributed by atoms with E-state index >= 15 is 0 Å². The van der Waals surface area contributed by atoms with Crippen LogP contribution in [0.2, 0.25) is 0 Å². The molecule has 0 aromatic heterocycles. The molecule has 0 fully saturated rings. The fourth-order valence-corrected chi connectivity index (χ4v) is 0.809. The van der Waals surface area contributed by atoms with Gasteiger partial charge >= 0.3 is 6.98 Å². The number of rotatable bonds is 6. The van der Waals surface area contributed by atoms with Crippen LogP contribution in [0.5, 0.6) is 0 Å². The van der Waals surface area contributed by atoms with Gasteiger partial charge in [0.15, 0.2) is 0 Å². The average Bonchev–Trinajstić information content (AvgIpc) is 1.84. The molecule has 0 bridgehead atoms. The second-order valence-corrected chi connectivity index (χ2v) is 2.67. The van der Waals surface area contributed by atoms with Gasteiger partial charge in [0.05, 0.1) is 6.61 Å². The van der Waals surface area contributed by atoms with Crippen molar-refractivity contribution in [2.45, 2.75) is 6.92 Å². The van der Waals surface area contributed by atoms with E-state index in [1.165, 1.54) is 11.9 Å². The summed E-state index contributed by atoms with van der Waals surface area (Å²) in [6, 6.07) is 0. The van der Waals surface area contributed by atoms with Crippen LogP contribution in [0, 0.1) is 0 Å². The highest BCUT2D eigenvalue weighted by molar-refractivity contribution is 6.58. The SMILES string of the molecule is CCOCCN(C)C[B-](F)(F)F. The van der Waals surface area contributed by atoms with E-state index in [0.717, 1.165) is 0 Å². The zero-order valence-electron chi connectivity index (χ0n) is 7.40. The molecule has 0 aromatic carbocycles. The molecule has 0 atom stereocenters. The highest BCUT2D eigenvalue weighted by Crippen LogP contribution is 2.08.